The lowest BCUT2D eigenvalue weighted by atomic mass is 9.86. The van der Waals surface area contributed by atoms with Gasteiger partial charge in [-0.25, -0.2) is 4.79 Å². The van der Waals surface area contributed by atoms with E-state index >= 15 is 0 Å². The fourth-order valence-corrected chi connectivity index (χ4v) is 2.37. The molecular formula is C15H16N2O. The predicted molar refractivity (Wildman–Crippen MR) is 75.0 cm³/mol. The van der Waals surface area contributed by atoms with Gasteiger partial charge in [0.1, 0.15) is 0 Å². The summed E-state index contributed by atoms with van der Waals surface area (Å²) in [6.07, 6.45) is 0. The third kappa shape index (κ3) is 1.40. The highest BCUT2D eigenvalue weighted by molar-refractivity contribution is 5.87. The van der Waals surface area contributed by atoms with Crippen molar-refractivity contribution >= 4 is 23.0 Å². The fraction of sp³-hybridized carbons (Fsp3) is 0.267. The predicted octanol–water partition coefficient (Wildman–Crippen LogP) is 2.21. The first kappa shape index (κ1) is 11.1. The summed E-state index contributed by atoms with van der Waals surface area (Å²) < 4.78 is 1.68. The van der Waals surface area contributed by atoms with Gasteiger partial charge in [0.05, 0.1) is 16.4 Å². The lowest BCUT2D eigenvalue weighted by Crippen LogP contribution is -2.12. The maximum absolute atomic E-state index is 11.8. The van der Waals surface area contributed by atoms with Crippen LogP contribution in [0, 0.1) is 0 Å². The molecule has 0 aliphatic rings. The summed E-state index contributed by atoms with van der Waals surface area (Å²) in [5.41, 5.74) is 3.06. The summed E-state index contributed by atoms with van der Waals surface area (Å²) in [4.78, 5) is 14.6. The highest BCUT2D eigenvalue weighted by Gasteiger charge is 2.15. The van der Waals surface area contributed by atoms with Crippen molar-refractivity contribution in [2.75, 3.05) is 0 Å². The van der Waals surface area contributed by atoms with Crippen LogP contribution in [-0.2, 0) is 5.41 Å². The van der Waals surface area contributed by atoms with E-state index in [0.717, 1.165) is 16.4 Å². The van der Waals surface area contributed by atoms with Crippen molar-refractivity contribution in [2.24, 2.45) is 0 Å². The van der Waals surface area contributed by atoms with Gasteiger partial charge in [0.25, 0.3) is 0 Å². The molecule has 2 heterocycles. The van der Waals surface area contributed by atoms with Crippen molar-refractivity contribution in [3.05, 3.63) is 45.7 Å². The quantitative estimate of drug-likeness (QED) is 0.642. The van der Waals surface area contributed by atoms with Crippen LogP contribution < -0.4 is 11.0 Å². The van der Waals surface area contributed by atoms with Crippen LogP contribution in [0.15, 0.2) is 29.1 Å². The molecule has 92 valence electrons. The van der Waals surface area contributed by atoms with Crippen LogP contribution in [0.1, 0.15) is 26.3 Å². The molecule has 0 radical (unpaired) electrons. The molecule has 0 aliphatic carbocycles. The first-order valence-corrected chi connectivity index (χ1v) is 6.04. The van der Waals surface area contributed by atoms with Crippen molar-refractivity contribution in [1.82, 2.24) is 9.38 Å². The monoisotopic (exact) mass is 240 g/mol. The van der Waals surface area contributed by atoms with E-state index in [2.05, 4.69) is 44.5 Å². The molecule has 3 heteroatoms. The Morgan fingerprint density at radius 1 is 1.17 bits per heavy atom. The molecule has 3 aromatic rings. The average Bonchev–Trinajstić information content (AvgIpc) is 2.76. The van der Waals surface area contributed by atoms with Crippen LogP contribution in [-0.4, -0.2) is 9.38 Å². The Morgan fingerprint density at radius 3 is 2.56 bits per heavy atom. The zero-order valence-electron chi connectivity index (χ0n) is 10.9. The highest BCUT2D eigenvalue weighted by atomic mass is 16.1. The molecule has 0 saturated heterocycles. The minimum atomic E-state index is -0.117. The Balaban J connectivity index is 2.45. The Hall–Kier alpha value is -2.03. The molecule has 3 nitrogen and oxygen atoms in total. The number of fused-ring (bicyclic) bond motifs is 3. The third-order valence-electron chi connectivity index (χ3n) is 3.44. The Morgan fingerprint density at radius 2 is 1.89 bits per heavy atom. The maximum Gasteiger partial charge on any atom is 0.331 e. The molecule has 0 saturated carbocycles. The fourth-order valence-electron chi connectivity index (χ4n) is 2.37. The van der Waals surface area contributed by atoms with Gasteiger partial charge in [-0.2, -0.15) is 0 Å². The number of aromatic amines is 1. The number of nitrogens with zero attached hydrogens (tertiary/aromatic N) is 1. The minimum absolute atomic E-state index is 0.111. The van der Waals surface area contributed by atoms with Gasteiger partial charge in [0.15, 0.2) is 0 Å². The van der Waals surface area contributed by atoms with Crippen molar-refractivity contribution in [3.63, 3.8) is 0 Å². The number of benzene rings is 1. The van der Waals surface area contributed by atoms with E-state index < -0.39 is 0 Å². The summed E-state index contributed by atoms with van der Waals surface area (Å²) in [5.74, 6) is 0. The van der Waals surface area contributed by atoms with Gasteiger partial charge in [0, 0.05) is 5.39 Å². The van der Waals surface area contributed by atoms with Gasteiger partial charge in [-0.15, -0.1) is 0 Å². The standard InChI is InChI=1S/C15H16N2O/c1-9-13-8-10-7-11(15(2,3)4)5-6-12(10)17(13)14(18)16-9/h5-8H,1H2,2-4H3,(H,16,18). The zero-order valence-corrected chi connectivity index (χ0v) is 10.9. The number of hydrogen-bond acceptors (Lipinski definition) is 1. The molecule has 0 unspecified atom stereocenters. The number of aromatic nitrogens is 2. The van der Waals surface area contributed by atoms with Crippen molar-refractivity contribution in [1.29, 1.82) is 0 Å². The van der Waals surface area contributed by atoms with E-state index in [1.54, 1.807) is 4.40 Å². The van der Waals surface area contributed by atoms with Crippen LogP contribution in [0.3, 0.4) is 0 Å². The van der Waals surface area contributed by atoms with Gasteiger partial charge in [-0.3, -0.25) is 4.40 Å². The molecule has 0 aliphatic heterocycles. The van der Waals surface area contributed by atoms with E-state index in [0.29, 0.717) is 5.35 Å². The second kappa shape index (κ2) is 3.25. The van der Waals surface area contributed by atoms with Gasteiger partial charge in [-0.05, 0) is 29.2 Å². The molecule has 0 atom stereocenters. The maximum atomic E-state index is 11.8. The van der Waals surface area contributed by atoms with Crippen LogP contribution >= 0.6 is 0 Å². The lowest BCUT2D eigenvalue weighted by molar-refractivity contribution is 0.591. The topological polar surface area (TPSA) is 37.3 Å². The van der Waals surface area contributed by atoms with Crippen LogP contribution in [0.2, 0.25) is 0 Å². The summed E-state index contributed by atoms with van der Waals surface area (Å²) >= 11 is 0. The number of rotatable bonds is 0. The number of H-pyrrole nitrogens is 1. The number of hydrogen-bond donors (Lipinski definition) is 1. The van der Waals surface area contributed by atoms with E-state index in [1.165, 1.54) is 5.56 Å². The van der Waals surface area contributed by atoms with Crippen LogP contribution in [0.4, 0.5) is 0 Å². The van der Waals surface area contributed by atoms with Crippen molar-refractivity contribution in [2.45, 2.75) is 26.2 Å². The van der Waals surface area contributed by atoms with E-state index in [1.807, 2.05) is 12.1 Å². The van der Waals surface area contributed by atoms with Gasteiger partial charge in [-0.1, -0.05) is 33.4 Å². The molecule has 2 aromatic heterocycles. The molecule has 0 bridgehead atoms. The highest BCUT2D eigenvalue weighted by Crippen LogP contribution is 2.26. The Labute approximate surface area is 105 Å². The smallest absolute Gasteiger partial charge is 0.306 e. The van der Waals surface area contributed by atoms with Crippen molar-refractivity contribution < 1.29 is 0 Å². The first-order valence-electron chi connectivity index (χ1n) is 6.04. The minimum Gasteiger partial charge on any atom is -0.306 e. The SMILES string of the molecule is C=c1[nH]c(=O)n2c1cc1cc(C(C)(C)C)ccc12. The zero-order chi connectivity index (χ0) is 13.1. The summed E-state index contributed by atoms with van der Waals surface area (Å²) in [7, 11) is 0. The third-order valence-corrected chi connectivity index (χ3v) is 3.44. The number of imidazole rings is 1. The van der Waals surface area contributed by atoms with Gasteiger partial charge < -0.3 is 4.98 Å². The van der Waals surface area contributed by atoms with Gasteiger partial charge >= 0.3 is 5.69 Å². The normalized spacial score (nSPS) is 12.6. The van der Waals surface area contributed by atoms with E-state index in [-0.39, 0.29) is 11.1 Å². The summed E-state index contributed by atoms with van der Waals surface area (Å²) in [6, 6.07) is 8.27. The second-order valence-electron chi connectivity index (χ2n) is 5.80. The Bertz CT molecular complexity index is 846. The largest absolute Gasteiger partial charge is 0.331 e. The van der Waals surface area contributed by atoms with Crippen LogP contribution in [0.5, 0.6) is 0 Å². The second-order valence-corrected chi connectivity index (χ2v) is 5.80. The van der Waals surface area contributed by atoms with E-state index in [9.17, 15) is 4.79 Å². The van der Waals surface area contributed by atoms with Crippen LogP contribution in [0.25, 0.3) is 23.0 Å². The van der Waals surface area contributed by atoms with E-state index in [4.69, 9.17) is 0 Å². The molecule has 18 heavy (non-hydrogen) atoms. The number of nitrogens with one attached hydrogen (secondary N) is 1. The van der Waals surface area contributed by atoms with Gasteiger partial charge in [0.2, 0.25) is 0 Å². The van der Waals surface area contributed by atoms with Crippen molar-refractivity contribution in [3.8, 4) is 0 Å². The molecule has 0 amide bonds. The molecule has 1 N–H and O–H groups in total. The Kier molecular flexibility index (Phi) is 2.00. The summed E-state index contributed by atoms with van der Waals surface area (Å²) in [6.45, 7) is 10.4. The lowest BCUT2D eigenvalue weighted by Gasteiger charge is -2.18. The molecule has 1 aromatic carbocycles. The average molecular weight is 240 g/mol. The molecule has 3 rings (SSSR count). The molecular weight excluding hydrogens is 224 g/mol. The molecule has 0 fully saturated rings. The molecule has 0 spiro atoms. The summed E-state index contributed by atoms with van der Waals surface area (Å²) in [5, 5.41) is 1.77. The first-order chi connectivity index (χ1) is 8.38.